The van der Waals surface area contributed by atoms with Crippen molar-refractivity contribution in [1.29, 1.82) is 0 Å². The molecule has 1 aliphatic rings. The lowest BCUT2D eigenvalue weighted by Crippen LogP contribution is -2.29. The van der Waals surface area contributed by atoms with E-state index in [1.165, 1.54) is 42.9 Å². The predicted octanol–water partition coefficient (Wildman–Crippen LogP) is 4.08. The Morgan fingerprint density at radius 3 is 2.55 bits per heavy atom. The molecule has 12 nitrogen and oxygen atoms in total. The summed E-state index contributed by atoms with van der Waals surface area (Å²) in [4.78, 5) is 53.2. The molecule has 0 bridgehead atoms. The molecule has 1 aliphatic heterocycles. The van der Waals surface area contributed by atoms with Crippen molar-refractivity contribution in [2.24, 2.45) is 9.98 Å². The molecule has 2 aromatic carbocycles. The zero-order valence-electron chi connectivity index (χ0n) is 23.6. The molecule has 3 amide bonds. The number of H-pyrrole nitrogens is 1. The van der Waals surface area contributed by atoms with Crippen molar-refractivity contribution >= 4 is 58.5 Å². The fraction of sp³-hybridized carbons (Fsp3) is 0.133. The average Bonchev–Trinajstić information content (AvgIpc) is 3.46. The van der Waals surface area contributed by atoms with Crippen molar-refractivity contribution in [3.8, 4) is 0 Å². The number of anilines is 4. The lowest BCUT2D eigenvalue weighted by atomic mass is 10.1. The molecule has 0 saturated carbocycles. The van der Waals surface area contributed by atoms with Gasteiger partial charge in [0.05, 0.1) is 28.2 Å². The minimum absolute atomic E-state index is 0.0391. The largest absolute Gasteiger partial charge is 0.397 e. The Morgan fingerprint density at radius 1 is 1.02 bits per heavy atom. The van der Waals surface area contributed by atoms with E-state index in [2.05, 4.69) is 41.2 Å². The number of aromatic nitrogens is 2. The first-order valence-corrected chi connectivity index (χ1v) is 13.4. The fourth-order valence-electron chi connectivity index (χ4n) is 4.53. The first kappa shape index (κ1) is 29.6. The highest BCUT2D eigenvalue weighted by Gasteiger charge is 2.26. The monoisotopic (exact) mass is 599 g/mol. The number of hydrogen-bond donors (Lipinski definition) is 6. The van der Waals surface area contributed by atoms with Crippen molar-refractivity contribution in [3.63, 3.8) is 0 Å². The van der Waals surface area contributed by atoms with Gasteiger partial charge in [0.25, 0.3) is 17.7 Å². The van der Waals surface area contributed by atoms with Gasteiger partial charge in [-0.2, -0.15) is 0 Å². The quantitative estimate of drug-likeness (QED) is 0.0730. The minimum atomic E-state index is -0.503. The van der Waals surface area contributed by atoms with Crippen molar-refractivity contribution < 1.29 is 23.2 Å². The topological polar surface area (TPSA) is 179 Å². The van der Waals surface area contributed by atoms with Crippen molar-refractivity contribution in [2.45, 2.75) is 13.8 Å². The summed E-state index contributed by atoms with van der Waals surface area (Å²) in [6.45, 7) is 4.09. The normalized spacial score (nSPS) is 13.2. The Labute approximate surface area is 249 Å². The molecule has 2 aromatic heterocycles. The number of carbonyl (C=O) groups excluding carboxylic acids is 3. The molecule has 14 heteroatoms. The van der Waals surface area contributed by atoms with Gasteiger partial charge in [-0.1, -0.05) is 0 Å². The van der Waals surface area contributed by atoms with Crippen molar-refractivity contribution in [2.75, 3.05) is 34.8 Å². The number of fused-ring (bicyclic) bond motifs is 1. The van der Waals surface area contributed by atoms with E-state index in [-0.39, 0.29) is 35.1 Å². The van der Waals surface area contributed by atoms with E-state index in [1.807, 2.05) is 0 Å². The number of benzene rings is 2. The maximum absolute atomic E-state index is 13.6. The van der Waals surface area contributed by atoms with Gasteiger partial charge in [0.2, 0.25) is 0 Å². The summed E-state index contributed by atoms with van der Waals surface area (Å²) >= 11 is 0. The lowest BCUT2D eigenvalue weighted by molar-refractivity contribution is -0.110. The molecule has 0 saturated heterocycles. The molecular weight excluding hydrogens is 572 g/mol. The molecule has 4 aromatic rings. The van der Waals surface area contributed by atoms with Crippen LogP contribution in [-0.4, -0.2) is 52.8 Å². The molecule has 224 valence electrons. The van der Waals surface area contributed by atoms with E-state index in [4.69, 9.17) is 5.73 Å². The Bertz CT molecular complexity index is 1830. The smallest absolute Gasteiger partial charge is 0.275 e. The van der Waals surface area contributed by atoms with Crippen LogP contribution in [0.3, 0.4) is 0 Å². The number of rotatable bonds is 9. The molecule has 0 fully saturated rings. The van der Waals surface area contributed by atoms with E-state index in [0.29, 0.717) is 46.3 Å². The van der Waals surface area contributed by atoms with Crippen LogP contribution in [0.25, 0.3) is 0 Å². The van der Waals surface area contributed by atoms with Gasteiger partial charge in [0.1, 0.15) is 35.3 Å². The Morgan fingerprint density at radius 2 is 1.80 bits per heavy atom. The third kappa shape index (κ3) is 6.43. The van der Waals surface area contributed by atoms with Crippen LogP contribution in [0.15, 0.2) is 64.7 Å². The number of hydrogen-bond acceptors (Lipinski definition) is 7. The van der Waals surface area contributed by atoms with Gasteiger partial charge in [-0.15, -0.1) is 0 Å². The average molecular weight is 600 g/mol. The van der Waals surface area contributed by atoms with E-state index in [1.54, 1.807) is 26.0 Å². The van der Waals surface area contributed by atoms with Crippen LogP contribution < -0.4 is 27.0 Å². The van der Waals surface area contributed by atoms with Crippen LogP contribution in [0.4, 0.5) is 37.5 Å². The van der Waals surface area contributed by atoms with Crippen LogP contribution in [0.5, 0.6) is 0 Å². The Balaban J connectivity index is 1.13. The lowest BCUT2D eigenvalue weighted by Gasteiger charge is -2.10. The number of aliphatic imine (C=N–C) groups is 2. The molecule has 5 rings (SSSR count). The van der Waals surface area contributed by atoms with Gasteiger partial charge >= 0.3 is 0 Å². The Kier molecular flexibility index (Phi) is 8.42. The first-order valence-electron chi connectivity index (χ1n) is 13.4. The van der Waals surface area contributed by atoms with Crippen molar-refractivity contribution in [3.05, 3.63) is 94.3 Å². The van der Waals surface area contributed by atoms with E-state index in [0.717, 1.165) is 6.07 Å². The van der Waals surface area contributed by atoms with Gasteiger partial charge < -0.3 is 32.0 Å². The zero-order valence-corrected chi connectivity index (χ0v) is 23.6. The summed E-state index contributed by atoms with van der Waals surface area (Å²) in [6, 6.07) is 10.8. The summed E-state index contributed by atoms with van der Waals surface area (Å²) in [7, 11) is 0. The molecule has 44 heavy (non-hydrogen) atoms. The number of nitrogens with zero attached hydrogens (tertiary/aromatic N) is 3. The Hall–Kier alpha value is -5.92. The molecule has 0 unspecified atom stereocenters. The second kappa shape index (κ2) is 12.5. The van der Waals surface area contributed by atoms with Gasteiger partial charge in [0, 0.05) is 36.1 Å². The highest BCUT2D eigenvalue weighted by atomic mass is 19.1. The predicted molar refractivity (Wildman–Crippen MR) is 164 cm³/mol. The summed E-state index contributed by atoms with van der Waals surface area (Å²) in [5.41, 5.74) is 8.86. The number of nitrogens with two attached hydrogens (primary N) is 1. The van der Waals surface area contributed by atoms with Crippen LogP contribution in [0, 0.1) is 25.5 Å². The molecule has 3 heterocycles. The van der Waals surface area contributed by atoms with Gasteiger partial charge in [-0.05, 0) is 62.4 Å². The summed E-state index contributed by atoms with van der Waals surface area (Å²) in [6.07, 6.45) is 2.56. The second-order valence-electron chi connectivity index (χ2n) is 9.77. The fourth-order valence-corrected chi connectivity index (χ4v) is 4.53. The third-order valence-electron chi connectivity index (χ3n) is 6.72. The first-order chi connectivity index (χ1) is 21.1. The van der Waals surface area contributed by atoms with Crippen LogP contribution in [0.1, 0.15) is 37.5 Å². The summed E-state index contributed by atoms with van der Waals surface area (Å²) < 4.78 is 26.9. The number of nitrogens with one attached hydrogen (secondary N) is 5. The molecule has 0 atom stereocenters. The number of aryl methyl sites for hydroxylation is 1. The zero-order chi connectivity index (χ0) is 31.4. The second-order valence-corrected chi connectivity index (χ2v) is 9.77. The number of pyridine rings is 1. The van der Waals surface area contributed by atoms with E-state index < -0.39 is 23.4 Å². The van der Waals surface area contributed by atoms with Crippen LogP contribution in [0.2, 0.25) is 0 Å². The molecule has 0 spiro atoms. The van der Waals surface area contributed by atoms with Crippen LogP contribution >= 0.6 is 0 Å². The third-order valence-corrected chi connectivity index (χ3v) is 6.72. The highest BCUT2D eigenvalue weighted by Crippen LogP contribution is 2.26. The van der Waals surface area contributed by atoms with Gasteiger partial charge in [-0.3, -0.25) is 14.4 Å². The number of amides is 3. The van der Waals surface area contributed by atoms with E-state index >= 15 is 0 Å². The maximum atomic E-state index is 13.6. The SMILES string of the molecule is Cc1[nH]c(/N=C/N=C2C(=O)Nc3ccc(F)cc32)c(C)c1C(=O)NCCNc1ccc(C(=O)Nc2ccc(F)cc2N)cn1. The van der Waals surface area contributed by atoms with Crippen molar-refractivity contribution in [1.82, 2.24) is 15.3 Å². The molecule has 7 N–H and O–H groups in total. The maximum Gasteiger partial charge on any atom is 0.275 e. The standard InChI is InChI=1S/C30H27F2N9O3/c1-15-25(16(2)39-27(15)38-14-37-26-20-11-18(31)4-6-22(20)40-30(26)44)29(43)35-10-9-34-24-8-3-17(13-36-24)28(42)41-23-7-5-19(32)12-21(23)33/h3-8,11-14,39H,9-10,33H2,1-2H3,(H,34,36)(H,35,43)(H,41,42)(H,37,38,40,44). The number of aromatic amines is 1. The molecular formula is C30H27F2N9O3. The number of carbonyl (C=O) groups is 3. The minimum Gasteiger partial charge on any atom is -0.397 e. The summed E-state index contributed by atoms with van der Waals surface area (Å²) in [5.74, 6) is -1.34. The molecule has 0 aliphatic carbocycles. The number of halogens is 2. The highest BCUT2D eigenvalue weighted by molar-refractivity contribution is 6.54. The van der Waals surface area contributed by atoms with Crippen LogP contribution in [-0.2, 0) is 4.79 Å². The molecule has 0 radical (unpaired) electrons. The van der Waals surface area contributed by atoms with Gasteiger partial charge in [0.15, 0.2) is 0 Å². The number of nitrogen functional groups attached to an aromatic ring is 1. The summed E-state index contributed by atoms with van der Waals surface area (Å²) in [5, 5.41) is 11.1. The van der Waals surface area contributed by atoms with E-state index in [9.17, 15) is 23.2 Å². The van der Waals surface area contributed by atoms with Gasteiger partial charge in [-0.25, -0.2) is 23.7 Å².